The van der Waals surface area contributed by atoms with Crippen LogP contribution in [0.25, 0.3) is 0 Å². The smallest absolute Gasteiger partial charge is 0.318 e. The molecule has 0 fully saturated rings. The van der Waals surface area contributed by atoms with Crippen LogP contribution in [0.1, 0.15) is 38.3 Å². The molecule has 3 heteroatoms. The summed E-state index contributed by atoms with van der Waals surface area (Å²) in [5.74, 6) is -0.322. The molecule has 2 rings (SSSR count). The first-order valence-corrected chi connectivity index (χ1v) is 7.34. The molecule has 0 aliphatic heterocycles. The van der Waals surface area contributed by atoms with Crippen molar-refractivity contribution in [2.75, 3.05) is 0 Å². The summed E-state index contributed by atoms with van der Waals surface area (Å²) < 4.78 is 0. The van der Waals surface area contributed by atoms with E-state index in [9.17, 15) is 4.79 Å². The van der Waals surface area contributed by atoms with Gasteiger partial charge in [0.1, 0.15) is 5.71 Å². The molecule has 3 nitrogen and oxygen atoms in total. The van der Waals surface area contributed by atoms with E-state index in [1.54, 1.807) is 0 Å². The normalized spacial score (nSPS) is 10.9. The summed E-state index contributed by atoms with van der Waals surface area (Å²) in [6.45, 7) is 5.98. The van der Waals surface area contributed by atoms with Crippen molar-refractivity contribution in [3.05, 3.63) is 71.8 Å². The van der Waals surface area contributed by atoms with Crippen LogP contribution in [0.4, 0.5) is 0 Å². The number of oxime groups is 1. The molecule has 114 valence electrons. The van der Waals surface area contributed by atoms with E-state index in [0.717, 1.165) is 11.1 Å². The summed E-state index contributed by atoms with van der Waals surface area (Å²) in [5, 5.41) is 4.12. The van der Waals surface area contributed by atoms with Crippen molar-refractivity contribution in [1.82, 2.24) is 0 Å². The standard InChI is InChI=1S/C19H21NO2/c1-19(2,3)14-17(21)22-20-18(15-10-6-4-7-11-15)16-12-8-5-9-13-16/h4-13H,14H2,1-3H3. The zero-order valence-electron chi connectivity index (χ0n) is 13.2. The van der Waals surface area contributed by atoms with E-state index in [1.807, 2.05) is 81.4 Å². The fraction of sp³-hybridized carbons (Fsp3) is 0.263. The van der Waals surface area contributed by atoms with E-state index >= 15 is 0 Å². The van der Waals surface area contributed by atoms with E-state index in [0.29, 0.717) is 12.1 Å². The van der Waals surface area contributed by atoms with Crippen LogP contribution in [-0.4, -0.2) is 11.7 Å². The lowest BCUT2D eigenvalue weighted by atomic mass is 9.93. The van der Waals surface area contributed by atoms with Crippen LogP contribution in [0, 0.1) is 5.41 Å². The number of nitrogens with zero attached hydrogens (tertiary/aromatic N) is 1. The van der Waals surface area contributed by atoms with E-state index in [-0.39, 0.29) is 11.4 Å². The van der Waals surface area contributed by atoms with Crippen LogP contribution < -0.4 is 0 Å². The summed E-state index contributed by atoms with van der Waals surface area (Å²) >= 11 is 0. The molecular weight excluding hydrogens is 274 g/mol. The van der Waals surface area contributed by atoms with Crippen LogP contribution in [0.15, 0.2) is 65.8 Å². The Hall–Kier alpha value is -2.42. The Bertz CT molecular complexity index is 599. The second-order valence-corrected chi connectivity index (χ2v) is 6.37. The van der Waals surface area contributed by atoms with Gasteiger partial charge in [0.2, 0.25) is 0 Å². The van der Waals surface area contributed by atoms with Crippen molar-refractivity contribution >= 4 is 11.7 Å². The number of carbonyl (C=O) groups excluding carboxylic acids is 1. The molecule has 0 bridgehead atoms. The summed E-state index contributed by atoms with van der Waals surface area (Å²) in [6.07, 6.45) is 0.327. The van der Waals surface area contributed by atoms with Gasteiger partial charge in [0.05, 0.1) is 6.42 Å². The third-order valence-corrected chi connectivity index (χ3v) is 3.01. The number of hydrogen-bond acceptors (Lipinski definition) is 3. The van der Waals surface area contributed by atoms with Gasteiger partial charge in [-0.15, -0.1) is 0 Å². The number of carbonyl (C=O) groups is 1. The Balaban J connectivity index is 2.26. The first-order chi connectivity index (χ1) is 10.5. The highest BCUT2D eigenvalue weighted by atomic mass is 16.7. The average Bonchev–Trinajstić information content (AvgIpc) is 2.48. The van der Waals surface area contributed by atoms with Gasteiger partial charge in [-0.2, -0.15) is 0 Å². The molecule has 0 aliphatic carbocycles. The van der Waals surface area contributed by atoms with Crippen LogP contribution >= 0.6 is 0 Å². The predicted molar refractivity (Wildman–Crippen MR) is 88.7 cm³/mol. The predicted octanol–water partition coefficient (Wildman–Crippen LogP) is 4.42. The van der Waals surface area contributed by atoms with E-state index in [1.165, 1.54) is 0 Å². The fourth-order valence-electron chi connectivity index (χ4n) is 2.03. The van der Waals surface area contributed by atoms with Crippen molar-refractivity contribution in [1.29, 1.82) is 0 Å². The highest BCUT2D eigenvalue weighted by Crippen LogP contribution is 2.19. The molecule has 0 saturated carbocycles. The van der Waals surface area contributed by atoms with Gasteiger partial charge in [-0.1, -0.05) is 86.6 Å². The molecule has 0 heterocycles. The van der Waals surface area contributed by atoms with Gasteiger partial charge < -0.3 is 4.84 Å². The Morgan fingerprint density at radius 3 is 1.77 bits per heavy atom. The van der Waals surface area contributed by atoms with Crippen molar-refractivity contribution in [3.63, 3.8) is 0 Å². The molecule has 0 amide bonds. The molecule has 0 spiro atoms. The van der Waals surface area contributed by atoms with Gasteiger partial charge >= 0.3 is 5.97 Å². The first-order valence-electron chi connectivity index (χ1n) is 7.34. The highest BCUT2D eigenvalue weighted by Gasteiger charge is 2.18. The first kappa shape index (κ1) is 16.0. The lowest BCUT2D eigenvalue weighted by molar-refractivity contribution is -0.145. The molecule has 0 unspecified atom stereocenters. The van der Waals surface area contributed by atoms with Gasteiger partial charge in [-0.05, 0) is 5.41 Å². The zero-order chi connectivity index (χ0) is 16.0. The van der Waals surface area contributed by atoms with E-state index in [4.69, 9.17) is 4.84 Å². The lowest BCUT2D eigenvalue weighted by Crippen LogP contribution is -2.15. The minimum atomic E-state index is -0.322. The van der Waals surface area contributed by atoms with Gasteiger partial charge in [0.15, 0.2) is 0 Å². The summed E-state index contributed by atoms with van der Waals surface area (Å²) in [5.41, 5.74) is 2.37. The molecule has 0 aliphatic rings. The van der Waals surface area contributed by atoms with Crippen LogP contribution in [-0.2, 0) is 9.63 Å². The van der Waals surface area contributed by atoms with Crippen LogP contribution in [0.5, 0.6) is 0 Å². The maximum Gasteiger partial charge on any atom is 0.335 e. The number of rotatable bonds is 4. The number of benzene rings is 2. The van der Waals surface area contributed by atoms with Gasteiger partial charge in [-0.25, -0.2) is 4.79 Å². The molecule has 0 radical (unpaired) electrons. The van der Waals surface area contributed by atoms with Crippen molar-refractivity contribution < 1.29 is 9.63 Å². The molecule has 0 aromatic heterocycles. The Kier molecular flexibility index (Phi) is 5.10. The Labute approximate surface area is 131 Å². The fourth-order valence-corrected chi connectivity index (χ4v) is 2.03. The summed E-state index contributed by atoms with van der Waals surface area (Å²) in [7, 11) is 0. The maximum atomic E-state index is 11.9. The second kappa shape index (κ2) is 7.03. The lowest BCUT2D eigenvalue weighted by Gasteiger charge is -2.15. The van der Waals surface area contributed by atoms with Crippen LogP contribution in [0.2, 0.25) is 0 Å². The van der Waals surface area contributed by atoms with Crippen LogP contribution in [0.3, 0.4) is 0 Å². The van der Waals surface area contributed by atoms with Crippen molar-refractivity contribution in [2.24, 2.45) is 10.6 Å². The SMILES string of the molecule is CC(C)(C)CC(=O)ON=C(c1ccccc1)c1ccccc1. The van der Waals surface area contributed by atoms with Gasteiger partial charge in [0.25, 0.3) is 0 Å². The van der Waals surface area contributed by atoms with Crippen molar-refractivity contribution in [2.45, 2.75) is 27.2 Å². The second-order valence-electron chi connectivity index (χ2n) is 6.37. The minimum Gasteiger partial charge on any atom is -0.318 e. The molecule has 0 atom stereocenters. The highest BCUT2D eigenvalue weighted by molar-refractivity contribution is 6.12. The van der Waals surface area contributed by atoms with Crippen molar-refractivity contribution in [3.8, 4) is 0 Å². The van der Waals surface area contributed by atoms with Gasteiger partial charge in [-0.3, -0.25) is 0 Å². The van der Waals surface area contributed by atoms with E-state index < -0.39 is 0 Å². The molecule has 2 aromatic carbocycles. The van der Waals surface area contributed by atoms with Gasteiger partial charge in [0, 0.05) is 11.1 Å². The van der Waals surface area contributed by atoms with E-state index in [2.05, 4.69) is 5.16 Å². The molecule has 2 aromatic rings. The third kappa shape index (κ3) is 4.85. The topological polar surface area (TPSA) is 38.7 Å². The largest absolute Gasteiger partial charge is 0.335 e. The molecule has 22 heavy (non-hydrogen) atoms. The summed E-state index contributed by atoms with van der Waals surface area (Å²) in [6, 6.07) is 19.4. The molecule has 0 N–H and O–H groups in total. The monoisotopic (exact) mass is 295 g/mol. The minimum absolute atomic E-state index is 0.119. The zero-order valence-corrected chi connectivity index (χ0v) is 13.2. The average molecular weight is 295 g/mol. The molecule has 0 saturated heterocycles. The third-order valence-electron chi connectivity index (χ3n) is 3.01. The Morgan fingerprint density at radius 1 is 0.909 bits per heavy atom. The number of hydrogen-bond donors (Lipinski definition) is 0. The Morgan fingerprint density at radius 2 is 1.36 bits per heavy atom. The quantitative estimate of drug-likeness (QED) is 0.476. The summed E-state index contributed by atoms with van der Waals surface area (Å²) in [4.78, 5) is 17.0. The molecular formula is C19H21NO2. The maximum absolute atomic E-state index is 11.9.